The van der Waals surface area contributed by atoms with Crippen molar-refractivity contribution in [2.45, 2.75) is 19.5 Å². The number of para-hydroxylation sites is 1. The third kappa shape index (κ3) is 4.89. The number of benzene rings is 3. The van der Waals surface area contributed by atoms with Crippen LogP contribution in [0.2, 0.25) is 5.02 Å². The first-order valence-electron chi connectivity index (χ1n) is 10.9. The standard InChI is InChI=1S/C26H21ClN4O4/c1-16(25(32)33)28-15-17-7-9-22-18(13-17)11-12-31(22)26-29-24(35-30-26)19-8-10-23(21(27)14-19)34-20-5-3-2-4-6-20/h2-14,16,28H,15H2,1H3,(H,32,33). The number of aromatic nitrogens is 3. The van der Waals surface area contributed by atoms with Gasteiger partial charge in [-0.25, -0.2) is 0 Å². The maximum absolute atomic E-state index is 11.0. The van der Waals surface area contributed by atoms with Crippen LogP contribution in [0.3, 0.4) is 0 Å². The molecule has 0 radical (unpaired) electrons. The number of nitrogens with zero attached hydrogens (tertiary/aromatic N) is 3. The van der Waals surface area contributed by atoms with Gasteiger partial charge in [0.2, 0.25) is 0 Å². The second-order valence-corrected chi connectivity index (χ2v) is 8.39. The Bertz CT molecular complexity index is 1500. The summed E-state index contributed by atoms with van der Waals surface area (Å²) in [5, 5.41) is 17.5. The van der Waals surface area contributed by atoms with E-state index in [1.807, 2.05) is 71.4 Å². The predicted molar refractivity (Wildman–Crippen MR) is 132 cm³/mol. The van der Waals surface area contributed by atoms with Gasteiger partial charge in [0.25, 0.3) is 11.8 Å². The van der Waals surface area contributed by atoms with Crippen molar-refractivity contribution in [1.29, 1.82) is 0 Å². The molecule has 9 heteroatoms. The largest absolute Gasteiger partial charge is 0.480 e. The zero-order valence-electron chi connectivity index (χ0n) is 18.7. The average Bonchev–Trinajstić information content (AvgIpc) is 3.51. The molecule has 0 aliphatic rings. The Morgan fingerprint density at radius 3 is 2.74 bits per heavy atom. The molecule has 8 nitrogen and oxygen atoms in total. The molecule has 2 heterocycles. The molecule has 1 atom stereocenters. The molecule has 0 spiro atoms. The molecule has 2 N–H and O–H groups in total. The normalized spacial score (nSPS) is 12.1. The van der Waals surface area contributed by atoms with Gasteiger partial charge in [-0.2, -0.15) is 4.98 Å². The first-order valence-corrected chi connectivity index (χ1v) is 11.3. The second kappa shape index (κ2) is 9.61. The van der Waals surface area contributed by atoms with E-state index < -0.39 is 12.0 Å². The van der Waals surface area contributed by atoms with Gasteiger partial charge in [0.1, 0.15) is 17.5 Å². The van der Waals surface area contributed by atoms with Gasteiger partial charge in [0, 0.05) is 23.7 Å². The molecule has 0 amide bonds. The minimum atomic E-state index is -0.884. The smallest absolute Gasteiger partial charge is 0.320 e. The highest BCUT2D eigenvalue weighted by molar-refractivity contribution is 6.32. The van der Waals surface area contributed by atoms with Crippen LogP contribution < -0.4 is 10.1 Å². The van der Waals surface area contributed by atoms with Crippen molar-refractivity contribution in [3.05, 3.63) is 89.6 Å². The molecule has 1 unspecified atom stereocenters. The van der Waals surface area contributed by atoms with E-state index in [2.05, 4.69) is 15.5 Å². The zero-order chi connectivity index (χ0) is 24.4. The fourth-order valence-corrected chi connectivity index (χ4v) is 3.82. The molecule has 35 heavy (non-hydrogen) atoms. The van der Waals surface area contributed by atoms with Crippen molar-refractivity contribution in [1.82, 2.24) is 20.0 Å². The van der Waals surface area contributed by atoms with E-state index in [1.54, 1.807) is 19.1 Å². The lowest BCUT2D eigenvalue weighted by Crippen LogP contribution is -2.33. The number of carbonyl (C=O) groups is 1. The van der Waals surface area contributed by atoms with Gasteiger partial charge in [-0.3, -0.25) is 9.36 Å². The molecule has 0 bridgehead atoms. The minimum absolute atomic E-state index is 0.332. The molecule has 5 rings (SSSR count). The van der Waals surface area contributed by atoms with E-state index in [9.17, 15) is 4.79 Å². The molecule has 176 valence electrons. The number of nitrogens with one attached hydrogen (secondary N) is 1. The number of carboxylic acid groups (broad SMARTS) is 1. The van der Waals surface area contributed by atoms with Crippen LogP contribution in [0.5, 0.6) is 11.5 Å². The molecule has 0 saturated heterocycles. The Hall–Kier alpha value is -4.14. The van der Waals surface area contributed by atoms with Crippen LogP contribution in [0.1, 0.15) is 12.5 Å². The highest BCUT2D eigenvalue weighted by Crippen LogP contribution is 2.33. The van der Waals surface area contributed by atoms with Crippen LogP contribution >= 0.6 is 11.6 Å². The Balaban J connectivity index is 1.35. The first-order chi connectivity index (χ1) is 17.0. The van der Waals surface area contributed by atoms with Crippen molar-refractivity contribution < 1.29 is 19.2 Å². The maximum Gasteiger partial charge on any atom is 0.320 e. The van der Waals surface area contributed by atoms with Crippen LogP contribution in [-0.2, 0) is 11.3 Å². The van der Waals surface area contributed by atoms with Gasteiger partial charge >= 0.3 is 5.97 Å². The number of fused-ring (bicyclic) bond motifs is 1. The first kappa shape index (κ1) is 22.6. The van der Waals surface area contributed by atoms with Gasteiger partial charge in [0.05, 0.1) is 10.5 Å². The van der Waals surface area contributed by atoms with Gasteiger partial charge in [-0.1, -0.05) is 35.9 Å². The van der Waals surface area contributed by atoms with E-state index >= 15 is 0 Å². The molecule has 0 aliphatic carbocycles. The minimum Gasteiger partial charge on any atom is -0.480 e. The summed E-state index contributed by atoms with van der Waals surface area (Å²) in [6.07, 6.45) is 1.86. The zero-order valence-corrected chi connectivity index (χ0v) is 19.4. The predicted octanol–water partition coefficient (Wildman–Crippen LogP) is 5.69. The van der Waals surface area contributed by atoms with E-state index in [0.717, 1.165) is 16.5 Å². The summed E-state index contributed by atoms with van der Waals surface area (Å²) in [6, 6.07) is 21.9. The summed E-state index contributed by atoms with van der Waals surface area (Å²) < 4.78 is 13.2. The van der Waals surface area contributed by atoms with Crippen LogP contribution in [0.25, 0.3) is 28.3 Å². The number of rotatable bonds is 8. The number of hydrogen-bond donors (Lipinski definition) is 2. The van der Waals surface area contributed by atoms with E-state index in [0.29, 0.717) is 40.5 Å². The van der Waals surface area contributed by atoms with Gasteiger partial charge in [-0.15, -0.1) is 0 Å². The number of hydrogen-bond acceptors (Lipinski definition) is 6. The second-order valence-electron chi connectivity index (χ2n) is 7.98. The molecule has 0 saturated carbocycles. The number of halogens is 1. The molecule has 0 aliphatic heterocycles. The van der Waals surface area contributed by atoms with Gasteiger partial charge < -0.3 is 19.7 Å². The molecule has 3 aromatic carbocycles. The topological polar surface area (TPSA) is 102 Å². The van der Waals surface area contributed by atoms with Gasteiger partial charge in [0.15, 0.2) is 0 Å². The van der Waals surface area contributed by atoms with Crippen molar-refractivity contribution in [3.8, 4) is 28.9 Å². The lowest BCUT2D eigenvalue weighted by Gasteiger charge is -2.09. The maximum atomic E-state index is 11.0. The molecular formula is C26H21ClN4O4. The summed E-state index contributed by atoms with van der Waals surface area (Å²) in [7, 11) is 0. The summed E-state index contributed by atoms with van der Waals surface area (Å²) in [5.41, 5.74) is 2.55. The fourth-order valence-electron chi connectivity index (χ4n) is 3.60. The summed E-state index contributed by atoms with van der Waals surface area (Å²) in [6.45, 7) is 2.06. The average molecular weight is 489 g/mol. The lowest BCUT2D eigenvalue weighted by atomic mass is 10.1. The summed E-state index contributed by atoms with van der Waals surface area (Å²) >= 11 is 6.43. The highest BCUT2D eigenvalue weighted by Gasteiger charge is 2.15. The van der Waals surface area contributed by atoms with Crippen LogP contribution in [0, 0.1) is 0 Å². The molecule has 2 aromatic heterocycles. The third-order valence-electron chi connectivity index (χ3n) is 5.52. The Morgan fingerprint density at radius 1 is 1.14 bits per heavy atom. The number of ether oxygens (including phenoxy) is 1. The Morgan fingerprint density at radius 2 is 1.97 bits per heavy atom. The number of aliphatic carboxylic acids is 1. The van der Waals surface area contributed by atoms with Crippen molar-refractivity contribution in [3.63, 3.8) is 0 Å². The SMILES string of the molecule is CC(NCc1ccc2c(ccn2-c2noc(-c3ccc(Oc4ccccc4)c(Cl)c3)n2)c1)C(=O)O. The van der Waals surface area contributed by atoms with E-state index in [4.69, 9.17) is 26.0 Å². The lowest BCUT2D eigenvalue weighted by molar-refractivity contribution is -0.139. The Labute approximate surface area is 205 Å². The third-order valence-corrected chi connectivity index (χ3v) is 5.81. The molecular weight excluding hydrogens is 468 g/mol. The van der Waals surface area contributed by atoms with Crippen LogP contribution in [0.4, 0.5) is 0 Å². The molecule has 5 aromatic rings. The van der Waals surface area contributed by atoms with E-state index in [1.165, 1.54) is 0 Å². The van der Waals surface area contributed by atoms with Crippen molar-refractivity contribution in [2.75, 3.05) is 0 Å². The van der Waals surface area contributed by atoms with Crippen LogP contribution in [0.15, 0.2) is 83.5 Å². The number of carboxylic acids is 1. The monoisotopic (exact) mass is 488 g/mol. The van der Waals surface area contributed by atoms with E-state index in [-0.39, 0.29) is 0 Å². The summed E-state index contributed by atoms with van der Waals surface area (Å²) in [5.74, 6) is 1.06. The molecule has 0 fully saturated rings. The van der Waals surface area contributed by atoms with Crippen molar-refractivity contribution in [2.24, 2.45) is 0 Å². The quantitative estimate of drug-likeness (QED) is 0.289. The summed E-state index contributed by atoms with van der Waals surface area (Å²) in [4.78, 5) is 15.5. The highest BCUT2D eigenvalue weighted by atomic mass is 35.5. The fraction of sp³-hybridized carbons (Fsp3) is 0.115. The van der Waals surface area contributed by atoms with Gasteiger partial charge in [-0.05, 0) is 66.2 Å². The van der Waals surface area contributed by atoms with Crippen LogP contribution in [-0.4, -0.2) is 31.8 Å². The van der Waals surface area contributed by atoms with Crippen molar-refractivity contribution >= 4 is 28.5 Å². The Kier molecular flexibility index (Phi) is 6.22.